The molecule has 0 fully saturated rings. The molecule has 0 bridgehead atoms. The molecule has 9 heavy (non-hydrogen) atoms. The van der Waals surface area contributed by atoms with Crippen LogP contribution in [-0.4, -0.2) is 4.98 Å². The Kier molecular flexibility index (Phi) is 2.16. The van der Waals surface area contributed by atoms with Gasteiger partial charge in [0.2, 0.25) is 0 Å². The minimum atomic E-state index is -0.255. The SMILES string of the molecule is Fc1cccnc1CBr. The van der Waals surface area contributed by atoms with Crippen LogP contribution in [0.15, 0.2) is 18.3 Å². The fraction of sp³-hybridized carbons (Fsp3) is 0.167. The van der Waals surface area contributed by atoms with E-state index in [4.69, 9.17) is 0 Å². The Hall–Kier alpha value is -0.440. The van der Waals surface area contributed by atoms with Crippen LogP contribution in [0.25, 0.3) is 0 Å². The summed E-state index contributed by atoms with van der Waals surface area (Å²) in [4.78, 5) is 3.77. The maximum atomic E-state index is 12.5. The molecule has 0 aromatic carbocycles. The second kappa shape index (κ2) is 2.92. The van der Waals surface area contributed by atoms with Crippen LogP contribution >= 0.6 is 15.9 Å². The third-order valence-electron chi connectivity index (χ3n) is 0.961. The summed E-state index contributed by atoms with van der Waals surface area (Å²) in [6.07, 6.45) is 1.57. The topological polar surface area (TPSA) is 12.9 Å². The number of aromatic nitrogens is 1. The van der Waals surface area contributed by atoms with Crippen molar-refractivity contribution in [2.45, 2.75) is 5.33 Å². The van der Waals surface area contributed by atoms with E-state index >= 15 is 0 Å². The number of rotatable bonds is 1. The van der Waals surface area contributed by atoms with E-state index in [-0.39, 0.29) is 5.82 Å². The molecule has 1 rings (SSSR count). The van der Waals surface area contributed by atoms with Crippen LogP contribution in [0.5, 0.6) is 0 Å². The predicted molar refractivity (Wildman–Crippen MR) is 36.8 cm³/mol. The summed E-state index contributed by atoms with van der Waals surface area (Å²) in [6.45, 7) is 0. The molecule has 0 aliphatic heterocycles. The van der Waals surface area contributed by atoms with Crippen molar-refractivity contribution in [1.82, 2.24) is 4.98 Å². The molecular formula is C6H5BrFN. The van der Waals surface area contributed by atoms with E-state index in [9.17, 15) is 4.39 Å². The molecule has 1 heterocycles. The Morgan fingerprint density at radius 1 is 1.67 bits per heavy atom. The molecule has 0 saturated carbocycles. The summed E-state index contributed by atoms with van der Waals surface area (Å²) < 4.78 is 12.5. The molecule has 0 amide bonds. The van der Waals surface area contributed by atoms with E-state index < -0.39 is 0 Å². The van der Waals surface area contributed by atoms with Crippen molar-refractivity contribution in [1.29, 1.82) is 0 Å². The number of halogens is 2. The maximum Gasteiger partial charge on any atom is 0.145 e. The van der Waals surface area contributed by atoms with Crippen molar-refractivity contribution >= 4 is 15.9 Å². The highest BCUT2D eigenvalue weighted by molar-refractivity contribution is 9.08. The lowest BCUT2D eigenvalue weighted by molar-refractivity contribution is 0.608. The van der Waals surface area contributed by atoms with Gasteiger partial charge in [-0.1, -0.05) is 15.9 Å². The lowest BCUT2D eigenvalue weighted by Crippen LogP contribution is -1.87. The third-order valence-corrected chi connectivity index (χ3v) is 1.49. The zero-order chi connectivity index (χ0) is 6.69. The zero-order valence-electron chi connectivity index (χ0n) is 4.64. The molecule has 1 aromatic rings. The first-order valence-electron chi connectivity index (χ1n) is 2.50. The number of hydrogen-bond donors (Lipinski definition) is 0. The van der Waals surface area contributed by atoms with Gasteiger partial charge in [-0.3, -0.25) is 4.98 Å². The van der Waals surface area contributed by atoms with Crippen molar-refractivity contribution in [3.63, 3.8) is 0 Å². The second-order valence-corrected chi connectivity index (χ2v) is 2.13. The van der Waals surface area contributed by atoms with E-state index in [2.05, 4.69) is 20.9 Å². The minimum absolute atomic E-state index is 0.255. The van der Waals surface area contributed by atoms with Gasteiger partial charge in [-0.25, -0.2) is 4.39 Å². The molecule has 0 aliphatic rings. The quantitative estimate of drug-likeness (QED) is 0.618. The molecule has 0 atom stereocenters. The average Bonchev–Trinajstić information content (AvgIpc) is 1.89. The van der Waals surface area contributed by atoms with Gasteiger partial charge >= 0.3 is 0 Å². The molecular weight excluding hydrogens is 185 g/mol. The first-order chi connectivity index (χ1) is 4.34. The smallest absolute Gasteiger partial charge is 0.145 e. The van der Waals surface area contributed by atoms with Gasteiger partial charge in [-0.15, -0.1) is 0 Å². The van der Waals surface area contributed by atoms with Crippen LogP contribution in [-0.2, 0) is 5.33 Å². The highest BCUT2D eigenvalue weighted by atomic mass is 79.9. The first-order valence-corrected chi connectivity index (χ1v) is 3.62. The summed E-state index contributed by atoms with van der Waals surface area (Å²) in [5.41, 5.74) is 0.456. The van der Waals surface area contributed by atoms with Crippen molar-refractivity contribution in [2.24, 2.45) is 0 Å². The van der Waals surface area contributed by atoms with E-state index in [0.29, 0.717) is 11.0 Å². The molecule has 0 saturated heterocycles. The van der Waals surface area contributed by atoms with E-state index in [1.54, 1.807) is 12.3 Å². The standard InChI is InChI=1S/C6H5BrFN/c7-4-6-5(8)2-1-3-9-6/h1-3H,4H2. The van der Waals surface area contributed by atoms with Gasteiger partial charge in [0.15, 0.2) is 0 Å². The van der Waals surface area contributed by atoms with Crippen molar-refractivity contribution < 1.29 is 4.39 Å². The average molecular weight is 190 g/mol. The van der Waals surface area contributed by atoms with E-state index in [1.165, 1.54) is 6.07 Å². The molecule has 0 spiro atoms. The normalized spacial score (nSPS) is 9.56. The predicted octanol–water partition coefficient (Wildman–Crippen LogP) is 2.12. The second-order valence-electron chi connectivity index (χ2n) is 1.57. The van der Waals surface area contributed by atoms with Crippen molar-refractivity contribution in [3.05, 3.63) is 29.8 Å². The maximum absolute atomic E-state index is 12.5. The monoisotopic (exact) mass is 189 g/mol. The number of hydrogen-bond acceptors (Lipinski definition) is 1. The van der Waals surface area contributed by atoms with Gasteiger partial charge < -0.3 is 0 Å². The Bertz CT molecular complexity index is 202. The highest BCUT2D eigenvalue weighted by Crippen LogP contribution is 2.05. The van der Waals surface area contributed by atoms with Gasteiger partial charge in [0.1, 0.15) is 5.82 Å². The van der Waals surface area contributed by atoms with Crippen LogP contribution in [0.4, 0.5) is 4.39 Å². The van der Waals surface area contributed by atoms with Crippen LogP contribution in [0.3, 0.4) is 0 Å². The molecule has 1 aromatic heterocycles. The largest absolute Gasteiger partial charge is 0.257 e. The van der Waals surface area contributed by atoms with Crippen LogP contribution in [0.2, 0.25) is 0 Å². The van der Waals surface area contributed by atoms with Gasteiger partial charge in [-0.05, 0) is 12.1 Å². The van der Waals surface area contributed by atoms with Crippen LogP contribution in [0.1, 0.15) is 5.69 Å². The van der Waals surface area contributed by atoms with Gasteiger partial charge in [0.05, 0.1) is 5.69 Å². The summed E-state index contributed by atoms with van der Waals surface area (Å²) in [7, 11) is 0. The minimum Gasteiger partial charge on any atom is -0.257 e. The Morgan fingerprint density at radius 2 is 2.44 bits per heavy atom. The third kappa shape index (κ3) is 1.48. The Labute approximate surface area is 61.0 Å². The van der Waals surface area contributed by atoms with Gasteiger partial charge in [0.25, 0.3) is 0 Å². The molecule has 0 N–H and O–H groups in total. The first kappa shape index (κ1) is 6.68. The van der Waals surface area contributed by atoms with E-state index in [0.717, 1.165) is 0 Å². The number of alkyl halides is 1. The number of nitrogens with zero attached hydrogens (tertiary/aromatic N) is 1. The summed E-state index contributed by atoms with van der Waals surface area (Å²) >= 11 is 3.11. The lowest BCUT2D eigenvalue weighted by atomic mass is 10.4. The van der Waals surface area contributed by atoms with Crippen LogP contribution < -0.4 is 0 Å². The molecule has 0 aliphatic carbocycles. The summed E-state index contributed by atoms with van der Waals surface area (Å²) in [6, 6.07) is 2.96. The zero-order valence-corrected chi connectivity index (χ0v) is 6.23. The Balaban J connectivity index is 3.01. The van der Waals surface area contributed by atoms with Gasteiger partial charge in [-0.2, -0.15) is 0 Å². The summed E-state index contributed by atoms with van der Waals surface area (Å²) in [5.74, 6) is -0.255. The molecule has 3 heteroatoms. The highest BCUT2D eigenvalue weighted by Gasteiger charge is 1.96. The molecule has 0 unspecified atom stereocenters. The van der Waals surface area contributed by atoms with Gasteiger partial charge in [0, 0.05) is 11.5 Å². The van der Waals surface area contributed by atoms with E-state index in [1.807, 2.05) is 0 Å². The molecule has 1 nitrogen and oxygen atoms in total. The fourth-order valence-electron chi connectivity index (χ4n) is 0.517. The molecule has 0 radical (unpaired) electrons. The van der Waals surface area contributed by atoms with Crippen LogP contribution in [0, 0.1) is 5.82 Å². The number of pyridine rings is 1. The summed E-state index contributed by atoms with van der Waals surface area (Å²) in [5, 5.41) is 0.472. The lowest BCUT2D eigenvalue weighted by Gasteiger charge is -1.92. The van der Waals surface area contributed by atoms with Crippen molar-refractivity contribution in [2.75, 3.05) is 0 Å². The molecule has 48 valence electrons. The fourth-order valence-corrected chi connectivity index (χ4v) is 0.929. The Morgan fingerprint density at radius 3 is 2.89 bits per heavy atom. The van der Waals surface area contributed by atoms with Crippen molar-refractivity contribution in [3.8, 4) is 0 Å².